The number of para-hydroxylation sites is 1. The lowest BCUT2D eigenvalue weighted by molar-refractivity contribution is -0.148. The van der Waals surface area contributed by atoms with Crippen molar-refractivity contribution in [2.24, 2.45) is 0 Å². The summed E-state index contributed by atoms with van der Waals surface area (Å²) >= 11 is 0. The summed E-state index contributed by atoms with van der Waals surface area (Å²) in [5.74, 6) is -0.302. The fraction of sp³-hybridized carbons (Fsp3) is 0.458. The highest BCUT2D eigenvalue weighted by Crippen LogP contribution is 2.57. The van der Waals surface area contributed by atoms with Gasteiger partial charge in [-0.25, -0.2) is 5.09 Å². The van der Waals surface area contributed by atoms with Crippen molar-refractivity contribution < 1.29 is 33.0 Å². The molecule has 1 spiro atoms. The number of benzene rings is 4. The van der Waals surface area contributed by atoms with Crippen molar-refractivity contribution in [3.05, 3.63) is 114 Å². The molecular weight excluding hydrogens is 776 g/mol. The number of hydrogen-bond donors (Lipinski definition) is 2. The van der Waals surface area contributed by atoms with E-state index in [1.165, 1.54) is 5.56 Å². The van der Waals surface area contributed by atoms with E-state index in [2.05, 4.69) is 39.6 Å². The van der Waals surface area contributed by atoms with Crippen molar-refractivity contribution in [1.82, 2.24) is 20.2 Å². The van der Waals surface area contributed by atoms with Gasteiger partial charge in [0.05, 0.1) is 12.3 Å². The first-order valence-corrected chi connectivity index (χ1v) is 23.5. The molecule has 4 aliphatic rings. The number of fused-ring (bicyclic) bond motifs is 2. The van der Waals surface area contributed by atoms with E-state index < -0.39 is 37.3 Å². The van der Waals surface area contributed by atoms with Crippen LogP contribution in [-0.2, 0) is 23.7 Å². The third kappa shape index (κ3) is 8.62. The molecule has 4 aromatic rings. The molecule has 4 aromatic carbocycles. The Morgan fingerprint density at radius 2 is 1.58 bits per heavy atom. The molecule has 11 nitrogen and oxygen atoms in total. The first kappa shape index (κ1) is 41.7. The Hall–Kier alpha value is -4.99. The van der Waals surface area contributed by atoms with E-state index >= 15 is 0 Å². The minimum atomic E-state index is -3.79. The SMILES string of the molecule is CCCOC(=O)[C@H](C)NP(=O)(Oc1ccccc1)C(C)c1ccc2ccc(C(=O)N[C@H]3CCCC[C@H]4CC[C@@H](C(=O)N5C[C@H](c6ccccc6)CC56CC6)N4C3=O)cc2c1. The predicted octanol–water partition coefficient (Wildman–Crippen LogP) is 8.68. The van der Waals surface area contributed by atoms with E-state index in [1.807, 2.05) is 48.2 Å². The Kier molecular flexibility index (Phi) is 12.2. The zero-order valence-electron chi connectivity index (χ0n) is 34.9. The third-order valence-corrected chi connectivity index (χ3v) is 15.7. The minimum absolute atomic E-state index is 0.0174. The van der Waals surface area contributed by atoms with Gasteiger partial charge >= 0.3 is 13.5 Å². The van der Waals surface area contributed by atoms with Crippen molar-refractivity contribution in [2.45, 2.75) is 126 Å². The summed E-state index contributed by atoms with van der Waals surface area (Å²) in [6.45, 7) is 6.24. The highest BCUT2D eigenvalue weighted by atomic mass is 31.2. The number of esters is 1. The van der Waals surface area contributed by atoms with Crippen LogP contribution in [0.5, 0.6) is 5.75 Å². The fourth-order valence-electron chi connectivity index (χ4n) is 9.64. The molecule has 0 aromatic heterocycles. The largest absolute Gasteiger partial charge is 0.465 e. The number of amides is 3. The number of nitrogens with zero attached hydrogens (tertiary/aromatic N) is 2. The highest BCUT2D eigenvalue weighted by Gasteiger charge is 2.58. The van der Waals surface area contributed by atoms with Gasteiger partial charge in [0.2, 0.25) is 11.8 Å². The van der Waals surface area contributed by atoms with Crippen LogP contribution in [-0.4, -0.2) is 76.3 Å². The highest BCUT2D eigenvalue weighted by molar-refractivity contribution is 7.57. The zero-order valence-corrected chi connectivity index (χ0v) is 35.8. The molecule has 2 N–H and O–H groups in total. The van der Waals surface area contributed by atoms with Gasteiger partial charge < -0.3 is 24.4 Å². The Bertz CT molecular complexity index is 2270. The summed E-state index contributed by atoms with van der Waals surface area (Å²) in [4.78, 5) is 59.8. The first-order chi connectivity index (χ1) is 29.0. The average molecular weight is 833 g/mol. The monoisotopic (exact) mass is 832 g/mol. The van der Waals surface area contributed by atoms with Crippen LogP contribution in [0.2, 0.25) is 0 Å². The molecule has 0 bridgehead atoms. The molecule has 3 amide bonds. The number of ether oxygens (including phenoxy) is 1. The van der Waals surface area contributed by atoms with Gasteiger partial charge in [-0.15, -0.1) is 0 Å². The summed E-state index contributed by atoms with van der Waals surface area (Å²) in [6, 6.07) is 28.2. The molecule has 1 aliphatic carbocycles. The normalized spacial score (nSPS) is 24.1. The Morgan fingerprint density at radius 1 is 0.867 bits per heavy atom. The van der Waals surface area contributed by atoms with Gasteiger partial charge in [0.1, 0.15) is 23.9 Å². The van der Waals surface area contributed by atoms with E-state index in [0.29, 0.717) is 48.6 Å². The van der Waals surface area contributed by atoms with Crippen LogP contribution in [0, 0.1) is 0 Å². The molecule has 12 heteroatoms. The predicted molar refractivity (Wildman–Crippen MR) is 232 cm³/mol. The molecule has 3 aliphatic heterocycles. The zero-order chi connectivity index (χ0) is 42.0. The summed E-state index contributed by atoms with van der Waals surface area (Å²) < 4.78 is 26.2. The summed E-state index contributed by atoms with van der Waals surface area (Å²) in [7, 11) is -3.79. The number of nitrogens with one attached hydrogen (secondary N) is 2. The lowest BCUT2D eigenvalue weighted by Gasteiger charge is -2.37. The van der Waals surface area contributed by atoms with E-state index in [4.69, 9.17) is 9.26 Å². The minimum Gasteiger partial charge on any atom is -0.465 e. The van der Waals surface area contributed by atoms with Crippen LogP contribution < -0.4 is 14.9 Å². The van der Waals surface area contributed by atoms with Crippen molar-refractivity contribution in [2.75, 3.05) is 13.2 Å². The third-order valence-electron chi connectivity index (χ3n) is 13.2. The second-order valence-electron chi connectivity index (χ2n) is 17.3. The standard InChI is InChI=1S/C48H57N4O7P/c1-4-27-58-47(56)32(2)50-60(57,59-41-16-9-6-10-17-41)33(3)36-21-19-35-20-22-37(29-38(35)28-36)44(53)49-42-18-12-11-15-40-23-24-43(52(40)45(42)54)46(55)51-31-39(30-48(51)25-26-48)34-13-7-5-8-14-34/h5-10,13-14,16-17,19-22,28-29,32-33,39-40,42-43H,4,11-12,15,18,23-27,30-31H2,1-3H3,(H,49,53)(H,50,57)/t32-,33?,39+,40-,42-,43-,60?/m0/s1. The van der Waals surface area contributed by atoms with E-state index in [9.17, 15) is 23.7 Å². The molecular formula is C48H57N4O7P. The van der Waals surface area contributed by atoms with Gasteiger partial charge in [0, 0.05) is 29.6 Å². The molecule has 3 saturated heterocycles. The maximum absolute atomic E-state index is 14.7. The number of carbonyl (C=O) groups is 4. The van der Waals surface area contributed by atoms with Crippen molar-refractivity contribution >= 4 is 42.0 Å². The lowest BCUT2D eigenvalue weighted by atomic mass is 9.96. The first-order valence-electron chi connectivity index (χ1n) is 21.8. The van der Waals surface area contributed by atoms with Crippen LogP contribution in [0.3, 0.4) is 0 Å². The van der Waals surface area contributed by atoms with Crippen LogP contribution in [0.25, 0.3) is 10.8 Å². The van der Waals surface area contributed by atoms with Gasteiger partial charge in [0.15, 0.2) is 0 Å². The molecule has 1 saturated carbocycles. The fourth-order valence-corrected chi connectivity index (χ4v) is 11.7. The Balaban J connectivity index is 0.994. The number of likely N-dealkylation sites (tertiary alicyclic amines) is 1. The quantitative estimate of drug-likeness (QED) is 0.101. The van der Waals surface area contributed by atoms with Crippen molar-refractivity contribution in [3.8, 4) is 5.75 Å². The van der Waals surface area contributed by atoms with Crippen LogP contribution in [0.1, 0.15) is 118 Å². The molecule has 4 fully saturated rings. The summed E-state index contributed by atoms with van der Waals surface area (Å²) in [6.07, 6.45) is 8.16. The lowest BCUT2D eigenvalue weighted by Crippen LogP contribution is -2.57. The van der Waals surface area contributed by atoms with E-state index in [-0.39, 0.29) is 35.9 Å². The Labute approximate surface area is 353 Å². The molecule has 3 heterocycles. The van der Waals surface area contributed by atoms with E-state index in [1.54, 1.807) is 50.2 Å². The van der Waals surface area contributed by atoms with Gasteiger partial charge in [-0.1, -0.05) is 92.6 Å². The van der Waals surface area contributed by atoms with Gasteiger partial charge in [-0.2, -0.15) is 0 Å². The van der Waals surface area contributed by atoms with Gasteiger partial charge in [-0.05, 0) is 111 Å². The number of carbonyl (C=O) groups excluding carboxylic acids is 4. The van der Waals surface area contributed by atoms with Crippen molar-refractivity contribution in [3.63, 3.8) is 0 Å². The average Bonchev–Trinajstić information content (AvgIpc) is 3.75. The summed E-state index contributed by atoms with van der Waals surface area (Å²) in [5.41, 5.74) is 1.54. The molecule has 2 unspecified atom stereocenters. The molecule has 7 atom stereocenters. The maximum Gasteiger partial charge on any atom is 0.324 e. The smallest absolute Gasteiger partial charge is 0.324 e. The molecule has 0 radical (unpaired) electrons. The number of hydrogen-bond acceptors (Lipinski definition) is 7. The second-order valence-corrected chi connectivity index (χ2v) is 19.7. The van der Waals surface area contributed by atoms with Crippen LogP contribution >= 0.6 is 7.52 Å². The summed E-state index contributed by atoms with van der Waals surface area (Å²) in [5, 5.41) is 7.68. The van der Waals surface area contributed by atoms with Gasteiger partial charge in [0.25, 0.3) is 5.91 Å². The molecule has 8 rings (SSSR count). The molecule has 316 valence electrons. The Morgan fingerprint density at radius 3 is 2.32 bits per heavy atom. The van der Waals surface area contributed by atoms with Crippen molar-refractivity contribution in [1.29, 1.82) is 0 Å². The maximum atomic E-state index is 14.7. The van der Waals surface area contributed by atoms with Crippen LogP contribution in [0.15, 0.2) is 97.1 Å². The van der Waals surface area contributed by atoms with Gasteiger partial charge in [-0.3, -0.25) is 23.7 Å². The topological polar surface area (TPSA) is 134 Å². The second kappa shape index (κ2) is 17.5. The number of rotatable bonds is 13. The van der Waals surface area contributed by atoms with E-state index in [0.717, 1.165) is 55.7 Å². The molecule has 60 heavy (non-hydrogen) atoms. The van der Waals surface area contributed by atoms with Crippen LogP contribution in [0.4, 0.5) is 0 Å².